The maximum atomic E-state index is 13.4. The van der Waals surface area contributed by atoms with Gasteiger partial charge in [0, 0.05) is 42.2 Å². The van der Waals surface area contributed by atoms with Gasteiger partial charge in [0.1, 0.15) is 17.8 Å². The molecule has 160 valence electrons. The van der Waals surface area contributed by atoms with Crippen LogP contribution in [0.4, 0.5) is 4.39 Å². The summed E-state index contributed by atoms with van der Waals surface area (Å²) in [5.74, 6) is -0.616. The second-order valence-electron chi connectivity index (χ2n) is 8.11. The number of aliphatic hydroxyl groups is 1. The molecule has 0 spiro atoms. The van der Waals surface area contributed by atoms with Crippen molar-refractivity contribution in [2.24, 2.45) is 0 Å². The molecule has 2 bridgehead atoms. The number of benzene rings is 1. The number of halogens is 2. The molecule has 1 heterocycles. The monoisotopic (exact) mass is 435 g/mol. The van der Waals surface area contributed by atoms with E-state index < -0.39 is 12.0 Å². The Morgan fingerprint density at radius 2 is 2.07 bits per heavy atom. The Hall–Kier alpha value is -2.26. The van der Waals surface area contributed by atoms with E-state index in [2.05, 4.69) is 15.6 Å². The fourth-order valence-corrected chi connectivity index (χ4v) is 4.51. The number of methoxy groups -OCH3 is 1. The number of rotatable bonds is 9. The van der Waals surface area contributed by atoms with Crippen LogP contribution in [-0.4, -0.2) is 40.8 Å². The maximum Gasteiger partial charge on any atom is 0.258 e. The van der Waals surface area contributed by atoms with Crippen LogP contribution < -0.4 is 15.4 Å². The van der Waals surface area contributed by atoms with E-state index in [1.165, 1.54) is 12.1 Å². The van der Waals surface area contributed by atoms with Gasteiger partial charge in [0.2, 0.25) is 0 Å². The number of pyridine rings is 1. The van der Waals surface area contributed by atoms with E-state index in [0.29, 0.717) is 12.2 Å². The Balaban J connectivity index is 1.24. The van der Waals surface area contributed by atoms with Gasteiger partial charge < -0.3 is 19.9 Å². The summed E-state index contributed by atoms with van der Waals surface area (Å²) in [5, 5.41) is 16.8. The van der Waals surface area contributed by atoms with E-state index in [1.807, 2.05) is 6.07 Å². The number of carbonyl (C=O) groups excluding carboxylic acids is 1. The fraction of sp³-hybridized carbons (Fsp3) is 0.429. The van der Waals surface area contributed by atoms with Gasteiger partial charge in [0.05, 0.1) is 11.6 Å². The topological polar surface area (TPSA) is 92.7 Å². The van der Waals surface area contributed by atoms with Crippen LogP contribution in [0.25, 0.3) is 0 Å². The van der Waals surface area contributed by atoms with E-state index in [-0.39, 0.29) is 34.4 Å². The number of hydrogen-bond acceptors (Lipinski definition) is 6. The highest BCUT2D eigenvalue weighted by molar-refractivity contribution is 6.30. The first-order valence-electron chi connectivity index (χ1n) is 9.59. The van der Waals surface area contributed by atoms with Crippen molar-refractivity contribution in [1.29, 1.82) is 0 Å². The van der Waals surface area contributed by atoms with Crippen LogP contribution in [0.15, 0.2) is 36.7 Å². The number of ether oxygens (including phenoxy) is 2. The van der Waals surface area contributed by atoms with Crippen LogP contribution in [0, 0.1) is 5.82 Å². The molecule has 30 heavy (non-hydrogen) atoms. The summed E-state index contributed by atoms with van der Waals surface area (Å²) >= 11 is 5.63. The van der Waals surface area contributed by atoms with Crippen LogP contribution in [0.3, 0.4) is 0 Å². The second-order valence-corrected chi connectivity index (χ2v) is 8.52. The van der Waals surface area contributed by atoms with Gasteiger partial charge in [-0.3, -0.25) is 15.1 Å². The van der Waals surface area contributed by atoms with E-state index in [9.17, 15) is 14.3 Å². The molecule has 1 amide bonds. The third kappa shape index (κ3) is 4.27. The van der Waals surface area contributed by atoms with Crippen molar-refractivity contribution in [3.05, 3.63) is 58.6 Å². The molecule has 3 fully saturated rings. The summed E-state index contributed by atoms with van der Waals surface area (Å²) in [7, 11) is 1.61. The molecule has 0 radical (unpaired) electrons. The SMILES string of the molecule is COCc1cncc(C(O)NC23CC(NC(=O)COc4ccc(Cl)c(F)c4)(C2)C3)c1. The molecular formula is C21H23ClFN3O4. The van der Waals surface area contributed by atoms with Gasteiger partial charge in [-0.2, -0.15) is 0 Å². The third-order valence-corrected chi connectivity index (χ3v) is 5.89. The first kappa shape index (κ1) is 21.0. The van der Waals surface area contributed by atoms with Crippen LogP contribution in [0.5, 0.6) is 5.75 Å². The molecule has 5 rings (SSSR count). The number of aliphatic hydroxyl groups excluding tert-OH is 1. The molecule has 1 atom stereocenters. The molecule has 1 aromatic heterocycles. The van der Waals surface area contributed by atoms with Crippen molar-refractivity contribution in [2.45, 2.75) is 43.2 Å². The summed E-state index contributed by atoms with van der Waals surface area (Å²) in [5.41, 5.74) is 1.10. The van der Waals surface area contributed by atoms with Gasteiger partial charge >= 0.3 is 0 Å². The molecule has 9 heteroatoms. The largest absolute Gasteiger partial charge is 0.484 e. The van der Waals surface area contributed by atoms with Crippen LogP contribution in [0.2, 0.25) is 5.02 Å². The Morgan fingerprint density at radius 3 is 2.77 bits per heavy atom. The molecule has 0 aliphatic heterocycles. The van der Waals surface area contributed by atoms with Gasteiger partial charge in [-0.15, -0.1) is 0 Å². The van der Waals surface area contributed by atoms with Gasteiger partial charge in [-0.05, 0) is 43.0 Å². The lowest BCUT2D eigenvalue weighted by atomic mass is 9.44. The number of carbonyl (C=O) groups is 1. The lowest BCUT2D eigenvalue weighted by Crippen LogP contribution is -2.83. The molecule has 3 aliphatic rings. The number of aromatic nitrogens is 1. The Labute approximate surface area is 178 Å². The molecule has 0 saturated heterocycles. The molecule has 7 nitrogen and oxygen atoms in total. The molecule has 2 aromatic rings. The first-order chi connectivity index (χ1) is 14.3. The lowest BCUT2D eigenvalue weighted by Gasteiger charge is -2.71. The molecule has 3 aliphatic carbocycles. The van der Waals surface area contributed by atoms with E-state index in [4.69, 9.17) is 21.1 Å². The predicted octanol–water partition coefficient (Wildman–Crippen LogP) is 2.47. The number of nitrogens with zero attached hydrogens (tertiary/aromatic N) is 1. The van der Waals surface area contributed by atoms with E-state index in [0.717, 1.165) is 30.9 Å². The summed E-state index contributed by atoms with van der Waals surface area (Å²) in [4.78, 5) is 16.3. The number of amides is 1. The standard InChI is InChI=1S/C21H23ClFN3O4/c1-29-8-13-4-14(7-24-6-13)19(28)26-21-10-20(11-21,12-21)25-18(27)9-30-15-2-3-16(22)17(23)5-15/h2-7,19,26,28H,8-12H2,1H3,(H,25,27). The van der Waals surface area contributed by atoms with Crippen LogP contribution in [-0.2, 0) is 16.1 Å². The zero-order valence-corrected chi connectivity index (χ0v) is 17.2. The van der Waals surface area contributed by atoms with Crippen molar-refractivity contribution in [2.75, 3.05) is 13.7 Å². The van der Waals surface area contributed by atoms with Gasteiger partial charge in [0.25, 0.3) is 5.91 Å². The zero-order chi connectivity index (χ0) is 21.4. The smallest absolute Gasteiger partial charge is 0.258 e. The average Bonchev–Trinajstić information content (AvgIpc) is 2.66. The van der Waals surface area contributed by atoms with E-state index in [1.54, 1.807) is 19.5 Å². The second kappa shape index (κ2) is 8.11. The predicted molar refractivity (Wildman–Crippen MR) is 107 cm³/mol. The Kier molecular flexibility index (Phi) is 5.67. The van der Waals surface area contributed by atoms with Crippen molar-refractivity contribution in [3.63, 3.8) is 0 Å². The third-order valence-electron chi connectivity index (χ3n) is 5.58. The molecule has 1 unspecified atom stereocenters. The average molecular weight is 436 g/mol. The molecule has 3 N–H and O–H groups in total. The van der Waals surface area contributed by atoms with Crippen molar-refractivity contribution >= 4 is 17.5 Å². The Bertz CT molecular complexity index is 938. The first-order valence-corrected chi connectivity index (χ1v) is 9.97. The molecule has 1 aromatic carbocycles. The fourth-order valence-electron chi connectivity index (χ4n) is 4.40. The highest BCUT2D eigenvalue weighted by Crippen LogP contribution is 2.60. The normalized spacial score (nSPS) is 25.1. The lowest BCUT2D eigenvalue weighted by molar-refractivity contribution is -0.151. The van der Waals surface area contributed by atoms with Gasteiger partial charge in [0.15, 0.2) is 6.61 Å². The minimum atomic E-state index is -0.841. The quantitative estimate of drug-likeness (QED) is 0.524. The zero-order valence-electron chi connectivity index (χ0n) is 16.5. The summed E-state index contributed by atoms with van der Waals surface area (Å²) in [6, 6.07) is 5.89. The molecule has 3 saturated carbocycles. The van der Waals surface area contributed by atoms with Crippen molar-refractivity contribution < 1.29 is 23.8 Å². The number of hydrogen-bond donors (Lipinski definition) is 3. The van der Waals surface area contributed by atoms with Crippen LogP contribution >= 0.6 is 11.6 Å². The van der Waals surface area contributed by atoms with E-state index >= 15 is 0 Å². The summed E-state index contributed by atoms with van der Waals surface area (Å²) in [6.45, 7) is 0.225. The maximum absolute atomic E-state index is 13.4. The Morgan fingerprint density at radius 1 is 1.30 bits per heavy atom. The van der Waals surface area contributed by atoms with Crippen LogP contribution in [0.1, 0.15) is 36.6 Å². The summed E-state index contributed by atoms with van der Waals surface area (Å²) in [6.07, 6.45) is 4.66. The minimum Gasteiger partial charge on any atom is -0.484 e. The van der Waals surface area contributed by atoms with Crippen molar-refractivity contribution in [1.82, 2.24) is 15.6 Å². The highest BCUT2D eigenvalue weighted by atomic mass is 35.5. The van der Waals surface area contributed by atoms with Gasteiger partial charge in [-0.25, -0.2) is 4.39 Å². The highest BCUT2D eigenvalue weighted by Gasteiger charge is 2.68. The van der Waals surface area contributed by atoms with Crippen molar-refractivity contribution in [3.8, 4) is 5.75 Å². The summed E-state index contributed by atoms with van der Waals surface area (Å²) < 4.78 is 23.9. The number of nitrogens with one attached hydrogen (secondary N) is 2. The molecular weight excluding hydrogens is 413 g/mol. The van der Waals surface area contributed by atoms with Gasteiger partial charge in [-0.1, -0.05) is 11.6 Å². The minimum absolute atomic E-state index is 0.00172.